The van der Waals surface area contributed by atoms with Gasteiger partial charge >= 0.3 is 13.6 Å². The minimum absolute atomic E-state index is 0.0765. The Bertz CT molecular complexity index is 493. The first-order chi connectivity index (χ1) is 9.46. The number of anilines is 1. The van der Waals surface area contributed by atoms with Crippen LogP contribution in [0.25, 0.3) is 0 Å². The highest BCUT2D eigenvalue weighted by molar-refractivity contribution is 7.52. The molecule has 112 valence electrons. The predicted octanol–water partition coefficient (Wildman–Crippen LogP) is 2.59. The molecule has 1 unspecified atom stereocenters. The second-order valence-electron chi connectivity index (χ2n) is 4.21. The molecule has 1 aromatic rings. The van der Waals surface area contributed by atoms with Crippen molar-refractivity contribution in [3.63, 3.8) is 0 Å². The molecular formula is C13H21N2O4P. The average Bonchev–Trinajstić information content (AvgIpc) is 2.38. The summed E-state index contributed by atoms with van der Waals surface area (Å²) >= 11 is 0. The molecule has 0 bridgehead atoms. The van der Waals surface area contributed by atoms with Crippen molar-refractivity contribution in [3.8, 4) is 0 Å². The highest BCUT2D eigenvalue weighted by Crippen LogP contribution is 2.40. The van der Waals surface area contributed by atoms with E-state index in [1.54, 1.807) is 13.0 Å². The van der Waals surface area contributed by atoms with E-state index in [0.717, 1.165) is 12.0 Å². The molecule has 6 nitrogen and oxygen atoms in total. The van der Waals surface area contributed by atoms with Gasteiger partial charge in [-0.2, -0.15) is 0 Å². The van der Waals surface area contributed by atoms with Gasteiger partial charge in [0.1, 0.15) is 0 Å². The topological polar surface area (TPSA) is 87.7 Å². The maximum Gasteiger partial charge on any atom is 0.329 e. The van der Waals surface area contributed by atoms with E-state index in [1.807, 2.05) is 25.1 Å². The number of nitrogens with one attached hydrogen (secondary N) is 2. The lowest BCUT2D eigenvalue weighted by Crippen LogP contribution is -2.31. The van der Waals surface area contributed by atoms with E-state index in [0.29, 0.717) is 5.69 Å². The fourth-order valence-corrected chi connectivity index (χ4v) is 2.55. The standard InChI is InChI=1S/C13H21N2O4P/c1-3-11-6-5-7-12(10-11)15-13(16)14-8-9-20(17,18)19-4-2/h5-7,10H,3-4,8-9H2,1-2H3,(H,17,18)(H2,14,15,16). The lowest BCUT2D eigenvalue weighted by atomic mass is 10.1. The zero-order chi connectivity index (χ0) is 15.0. The first-order valence-electron chi connectivity index (χ1n) is 6.57. The number of amides is 2. The Kier molecular flexibility index (Phi) is 6.71. The summed E-state index contributed by atoms with van der Waals surface area (Å²) in [7, 11) is -3.59. The van der Waals surface area contributed by atoms with Gasteiger partial charge in [-0.25, -0.2) is 4.79 Å². The molecule has 0 aliphatic carbocycles. The van der Waals surface area contributed by atoms with Crippen molar-refractivity contribution in [1.29, 1.82) is 0 Å². The minimum atomic E-state index is -3.59. The van der Waals surface area contributed by atoms with Crippen LogP contribution >= 0.6 is 7.60 Å². The predicted molar refractivity (Wildman–Crippen MR) is 79.2 cm³/mol. The quantitative estimate of drug-likeness (QED) is 0.675. The smallest absolute Gasteiger partial charge is 0.329 e. The van der Waals surface area contributed by atoms with Crippen LogP contribution in [0, 0.1) is 0 Å². The zero-order valence-electron chi connectivity index (χ0n) is 11.8. The molecule has 3 N–H and O–H groups in total. The molecule has 0 spiro atoms. The van der Waals surface area contributed by atoms with Gasteiger partial charge in [0.2, 0.25) is 0 Å². The maximum atomic E-state index is 11.6. The van der Waals surface area contributed by atoms with Gasteiger partial charge in [0.15, 0.2) is 0 Å². The number of carbonyl (C=O) groups is 1. The molecule has 0 radical (unpaired) electrons. The van der Waals surface area contributed by atoms with Crippen LogP contribution < -0.4 is 10.6 Å². The number of hydrogen-bond acceptors (Lipinski definition) is 3. The molecule has 1 rings (SSSR count). The highest BCUT2D eigenvalue weighted by Gasteiger charge is 2.17. The summed E-state index contributed by atoms with van der Waals surface area (Å²) in [5, 5.41) is 5.19. The van der Waals surface area contributed by atoms with E-state index in [1.165, 1.54) is 0 Å². The third-order valence-corrected chi connectivity index (χ3v) is 4.05. The Morgan fingerprint density at radius 3 is 2.80 bits per heavy atom. The van der Waals surface area contributed by atoms with Gasteiger partial charge < -0.3 is 20.1 Å². The van der Waals surface area contributed by atoms with Crippen LogP contribution in [0.4, 0.5) is 10.5 Å². The summed E-state index contributed by atoms with van der Waals surface area (Å²) < 4.78 is 16.1. The molecule has 0 saturated carbocycles. The van der Waals surface area contributed by atoms with Crippen molar-refractivity contribution in [3.05, 3.63) is 29.8 Å². The van der Waals surface area contributed by atoms with Gasteiger partial charge in [-0.1, -0.05) is 19.1 Å². The third-order valence-electron chi connectivity index (χ3n) is 2.60. The van der Waals surface area contributed by atoms with Crippen LogP contribution in [0.1, 0.15) is 19.4 Å². The SMILES string of the molecule is CCOP(=O)(O)CCNC(=O)Nc1cccc(CC)c1. The van der Waals surface area contributed by atoms with Crippen LogP contribution in [0.3, 0.4) is 0 Å². The van der Waals surface area contributed by atoms with E-state index in [2.05, 4.69) is 10.6 Å². The maximum absolute atomic E-state index is 11.6. The molecular weight excluding hydrogens is 279 g/mol. The Morgan fingerprint density at radius 1 is 1.40 bits per heavy atom. The van der Waals surface area contributed by atoms with Gasteiger partial charge in [-0.3, -0.25) is 4.57 Å². The van der Waals surface area contributed by atoms with Crippen molar-refractivity contribution in [2.24, 2.45) is 0 Å². The Balaban J connectivity index is 2.38. The Morgan fingerprint density at radius 2 is 2.15 bits per heavy atom. The minimum Gasteiger partial charge on any atom is -0.337 e. The lowest BCUT2D eigenvalue weighted by Gasteiger charge is -2.12. The first-order valence-corrected chi connectivity index (χ1v) is 8.33. The molecule has 0 fully saturated rings. The third kappa shape index (κ3) is 6.19. The van der Waals surface area contributed by atoms with E-state index in [4.69, 9.17) is 4.52 Å². The lowest BCUT2D eigenvalue weighted by molar-refractivity contribution is 0.252. The summed E-state index contributed by atoms with van der Waals surface area (Å²) in [6, 6.07) is 7.11. The fourth-order valence-electron chi connectivity index (χ4n) is 1.62. The number of urea groups is 1. The summed E-state index contributed by atoms with van der Waals surface area (Å²) in [6.07, 6.45) is 0.780. The number of hydrogen-bond donors (Lipinski definition) is 3. The van der Waals surface area contributed by atoms with E-state index in [9.17, 15) is 14.3 Å². The monoisotopic (exact) mass is 300 g/mol. The van der Waals surface area contributed by atoms with Crippen LogP contribution in [0.2, 0.25) is 0 Å². The van der Waals surface area contributed by atoms with Crippen LogP contribution in [0.5, 0.6) is 0 Å². The molecule has 1 aromatic carbocycles. The van der Waals surface area contributed by atoms with E-state index in [-0.39, 0.29) is 19.3 Å². The van der Waals surface area contributed by atoms with Gasteiger partial charge in [0.25, 0.3) is 0 Å². The molecule has 0 aliphatic heterocycles. The molecule has 0 saturated heterocycles. The van der Waals surface area contributed by atoms with Crippen molar-refractivity contribution >= 4 is 19.3 Å². The molecule has 7 heteroatoms. The van der Waals surface area contributed by atoms with Gasteiger partial charge in [-0.05, 0) is 31.0 Å². The van der Waals surface area contributed by atoms with Crippen molar-refractivity contribution in [2.75, 3.05) is 24.6 Å². The highest BCUT2D eigenvalue weighted by atomic mass is 31.2. The van der Waals surface area contributed by atoms with Crippen molar-refractivity contribution < 1.29 is 18.8 Å². The van der Waals surface area contributed by atoms with Gasteiger partial charge in [-0.15, -0.1) is 0 Å². The van der Waals surface area contributed by atoms with Crippen molar-refractivity contribution in [2.45, 2.75) is 20.3 Å². The summed E-state index contributed by atoms with van der Waals surface area (Å²) in [6.45, 7) is 3.92. The average molecular weight is 300 g/mol. The van der Waals surface area contributed by atoms with Crippen LogP contribution in [0.15, 0.2) is 24.3 Å². The van der Waals surface area contributed by atoms with Crippen molar-refractivity contribution in [1.82, 2.24) is 5.32 Å². The zero-order valence-corrected chi connectivity index (χ0v) is 12.7. The molecule has 0 aliphatic rings. The van der Waals surface area contributed by atoms with Crippen LogP contribution in [-0.4, -0.2) is 30.2 Å². The summed E-state index contributed by atoms with van der Waals surface area (Å²) in [5.41, 5.74) is 1.82. The second kappa shape index (κ2) is 8.04. The summed E-state index contributed by atoms with van der Waals surface area (Å²) in [5.74, 6) is 0. The molecule has 2 amide bonds. The summed E-state index contributed by atoms with van der Waals surface area (Å²) in [4.78, 5) is 21.0. The fraction of sp³-hybridized carbons (Fsp3) is 0.462. The van der Waals surface area contributed by atoms with Gasteiger partial charge in [0.05, 0.1) is 12.8 Å². The number of carbonyl (C=O) groups excluding carboxylic acids is 1. The molecule has 0 aromatic heterocycles. The normalized spacial score (nSPS) is 13.6. The number of aryl methyl sites for hydroxylation is 1. The van der Waals surface area contributed by atoms with Gasteiger partial charge in [0, 0.05) is 12.2 Å². The van der Waals surface area contributed by atoms with E-state index >= 15 is 0 Å². The van der Waals surface area contributed by atoms with Crippen LogP contribution in [-0.2, 0) is 15.5 Å². The molecule has 0 heterocycles. The molecule has 1 atom stereocenters. The second-order valence-corrected chi connectivity index (χ2v) is 6.19. The first kappa shape index (κ1) is 16.7. The van der Waals surface area contributed by atoms with E-state index < -0.39 is 13.6 Å². The largest absolute Gasteiger partial charge is 0.337 e. The number of benzene rings is 1. The Labute approximate surface area is 119 Å². The number of rotatable bonds is 7. The Hall–Kier alpha value is -1.36. The molecule has 20 heavy (non-hydrogen) atoms.